The Morgan fingerprint density at radius 3 is 2.48 bits per heavy atom. The molecule has 4 atom stereocenters. The standard InChI is InChI=1S/C19H34N4O.HI/c1-3-6-13-12-17(13)23-19(20-4-2)22-16-8-5-7-14(11-16)18(24)21-15-9-10-15;/h13-17H,3-12H2,1-2H3,(H,21,24)(H2,20,22,23);1H. The van der Waals surface area contributed by atoms with E-state index in [4.69, 9.17) is 0 Å². The van der Waals surface area contributed by atoms with Crippen molar-refractivity contribution in [3.8, 4) is 0 Å². The molecule has 144 valence electrons. The third-order valence-electron chi connectivity index (χ3n) is 5.53. The third-order valence-corrected chi connectivity index (χ3v) is 5.53. The molecular weight excluding hydrogens is 427 g/mol. The topological polar surface area (TPSA) is 65.5 Å². The van der Waals surface area contributed by atoms with Crippen LogP contribution in [0.5, 0.6) is 0 Å². The van der Waals surface area contributed by atoms with Gasteiger partial charge in [0.25, 0.3) is 0 Å². The van der Waals surface area contributed by atoms with E-state index >= 15 is 0 Å². The molecule has 0 aromatic rings. The molecule has 0 aromatic carbocycles. The summed E-state index contributed by atoms with van der Waals surface area (Å²) in [4.78, 5) is 16.9. The van der Waals surface area contributed by atoms with Crippen molar-refractivity contribution in [1.29, 1.82) is 0 Å². The molecule has 0 heterocycles. The van der Waals surface area contributed by atoms with Crippen molar-refractivity contribution in [3.05, 3.63) is 0 Å². The smallest absolute Gasteiger partial charge is 0.223 e. The summed E-state index contributed by atoms with van der Waals surface area (Å²) in [7, 11) is 0. The lowest BCUT2D eigenvalue weighted by molar-refractivity contribution is -0.126. The van der Waals surface area contributed by atoms with Crippen molar-refractivity contribution >= 4 is 35.8 Å². The summed E-state index contributed by atoms with van der Waals surface area (Å²) in [5, 5.41) is 10.4. The molecule has 0 radical (unpaired) electrons. The van der Waals surface area contributed by atoms with Gasteiger partial charge in [0.2, 0.25) is 5.91 Å². The second kappa shape index (κ2) is 9.97. The summed E-state index contributed by atoms with van der Waals surface area (Å²) in [5.74, 6) is 2.22. The summed E-state index contributed by atoms with van der Waals surface area (Å²) in [6.45, 7) is 5.12. The summed E-state index contributed by atoms with van der Waals surface area (Å²) in [5.41, 5.74) is 0. The van der Waals surface area contributed by atoms with Gasteiger partial charge in [-0.05, 0) is 57.8 Å². The molecule has 0 aromatic heterocycles. The Labute approximate surface area is 169 Å². The van der Waals surface area contributed by atoms with Crippen LogP contribution in [-0.2, 0) is 4.79 Å². The van der Waals surface area contributed by atoms with Crippen LogP contribution in [0.15, 0.2) is 4.99 Å². The lowest BCUT2D eigenvalue weighted by Crippen LogP contribution is -2.48. The van der Waals surface area contributed by atoms with Crippen molar-refractivity contribution in [1.82, 2.24) is 16.0 Å². The molecular formula is C19H35IN4O. The zero-order valence-electron chi connectivity index (χ0n) is 15.7. The Bertz CT molecular complexity index is 466. The predicted octanol–water partition coefficient (Wildman–Crippen LogP) is 3.19. The highest BCUT2D eigenvalue weighted by atomic mass is 127. The lowest BCUT2D eigenvalue weighted by Gasteiger charge is -2.30. The van der Waals surface area contributed by atoms with Gasteiger partial charge in [0.1, 0.15) is 0 Å². The molecule has 6 heteroatoms. The highest BCUT2D eigenvalue weighted by molar-refractivity contribution is 14.0. The number of carbonyl (C=O) groups is 1. The van der Waals surface area contributed by atoms with E-state index in [0.29, 0.717) is 18.1 Å². The van der Waals surface area contributed by atoms with Crippen LogP contribution in [-0.4, -0.2) is 36.5 Å². The molecule has 3 rings (SSSR count). The van der Waals surface area contributed by atoms with Gasteiger partial charge in [-0.1, -0.05) is 19.8 Å². The summed E-state index contributed by atoms with van der Waals surface area (Å²) < 4.78 is 0. The predicted molar refractivity (Wildman–Crippen MR) is 113 cm³/mol. The van der Waals surface area contributed by atoms with Crippen molar-refractivity contribution in [3.63, 3.8) is 0 Å². The van der Waals surface area contributed by atoms with E-state index in [1.54, 1.807) is 0 Å². The monoisotopic (exact) mass is 462 g/mol. The first kappa shape index (κ1) is 20.8. The van der Waals surface area contributed by atoms with Crippen LogP contribution >= 0.6 is 24.0 Å². The molecule has 0 spiro atoms. The SMILES string of the molecule is CCCC1CC1NC(=NCC)NC1CCCC(C(=O)NC2CC2)C1.I. The molecule has 0 saturated heterocycles. The molecule has 3 saturated carbocycles. The van der Waals surface area contributed by atoms with E-state index in [1.165, 1.54) is 19.3 Å². The molecule has 25 heavy (non-hydrogen) atoms. The normalized spacial score (nSPS) is 31.7. The minimum Gasteiger partial charge on any atom is -0.354 e. The molecule has 4 unspecified atom stereocenters. The van der Waals surface area contributed by atoms with Gasteiger partial charge >= 0.3 is 0 Å². The van der Waals surface area contributed by atoms with Crippen molar-refractivity contribution in [2.24, 2.45) is 16.8 Å². The van der Waals surface area contributed by atoms with Gasteiger partial charge in [0.15, 0.2) is 5.96 Å². The van der Waals surface area contributed by atoms with Crippen molar-refractivity contribution in [2.75, 3.05) is 6.54 Å². The van der Waals surface area contributed by atoms with Crippen molar-refractivity contribution in [2.45, 2.75) is 89.8 Å². The van der Waals surface area contributed by atoms with Gasteiger partial charge in [-0.2, -0.15) is 0 Å². The average Bonchev–Trinajstić information content (AvgIpc) is 3.48. The number of rotatable bonds is 7. The minimum atomic E-state index is 0. The molecule has 3 fully saturated rings. The maximum Gasteiger partial charge on any atom is 0.223 e. The van der Waals surface area contributed by atoms with E-state index in [2.05, 4.69) is 34.8 Å². The van der Waals surface area contributed by atoms with Gasteiger partial charge in [0.05, 0.1) is 0 Å². The molecule has 0 bridgehead atoms. The number of hydrogen-bond donors (Lipinski definition) is 3. The number of carbonyl (C=O) groups excluding carboxylic acids is 1. The Hall–Kier alpha value is -0.530. The van der Waals surface area contributed by atoms with Crippen LogP contribution in [0.2, 0.25) is 0 Å². The van der Waals surface area contributed by atoms with Crippen LogP contribution in [0.1, 0.15) is 71.6 Å². The Balaban J connectivity index is 0.00000225. The average molecular weight is 462 g/mol. The fourth-order valence-corrected chi connectivity index (χ4v) is 3.88. The highest BCUT2D eigenvalue weighted by Crippen LogP contribution is 2.34. The number of guanidine groups is 1. The Kier molecular flexibility index (Phi) is 8.29. The van der Waals surface area contributed by atoms with Gasteiger partial charge in [-0.25, -0.2) is 0 Å². The fourth-order valence-electron chi connectivity index (χ4n) is 3.88. The summed E-state index contributed by atoms with van der Waals surface area (Å²) >= 11 is 0. The molecule has 0 aliphatic heterocycles. The van der Waals surface area contributed by atoms with Crippen molar-refractivity contribution < 1.29 is 4.79 Å². The Morgan fingerprint density at radius 1 is 1.00 bits per heavy atom. The van der Waals surface area contributed by atoms with Crippen LogP contribution in [0.25, 0.3) is 0 Å². The van der Waals surface area contributed by atoms with Gasteiger partial charge in [-0.15, -0.1) is 24.0 Å². The van der Waals surface area contributed by atoms with Gasteiger partial charge in [-0.3, -0.25) is 9.79 Å². The first-order valence-corrected chi connectivity index (χ1v) is 10.1. The van der Waals surface area contributed by atoms with E-state index in [1.807, 2.05) is 0 Å². The van der Waals surface area contributed by atoms with E-state index in [-0.39, 0.29) is 35.8 Å². The zero-order chi connectivity index (χ0) is 16.9. The van der Waals surface area contributed by atoms with Crippen LogP contribution in [0.3, 0.4) is 0 Å². The zero-order valence-corrected chi connectivity index (χ0v) is 18.1. The highest BCUT2D eigenvalue weighted by Gasteiger charge is 2.37. The third kappa shape index (κ3) is 6.61. The maximum atomic E-state index is 12.3. The second-order valence-corrected chi connectivity index (χ2v) is 7.85. The van der Waals surface area contributed by atoms with Crippen LogP contribution in [0, 0.1) is 11.8 Å². The minimum absolute atomic E-state index is 0. The number of amides is 1. The van der Waals surface area contributed by atoms with E-state index in [0.717, 1.165) is 56.9 Å². The van der Waals surface area contributed by atoms with Gasteiger partial charge < -0.3 is 16.0 Å². The molecule has 1 amide bonds. The van der Waals surface area contributed by atoms with Crippen LogP contribution in [0.4, 0.5) is 0 Å². The first-order chi connectivity index (χ1) is 11.7. The van der Waals surface area contributed by atoms with E-state index < -0.39 is 0 Å². The second-order valence-electron chi connectivity index (χ2n) is 7.85. The van der Waals surface area contributed by atoms with Crippen LogP contribution < -0.4 is 16.0 Å². The lowest BCUT2D eigenvalue weighted by atomic mass is 9.85. The quantitative estimate of drug-likeness (QED) is 0.309. The number of nitrogens with zero attached hydrogens (tertiary/aromatic N) is 1. The largest absolute Gasteiger partial charge is 0.354 e. The number of nitrogens with one attached hydrogen (secondary N) is 3. The summed E-state index contributed by atoms with van der Waals surface area (Å²) in [6, 6.07) is 1.44. The Morgan fingerprint density at radius 2 is 1.80 bits per heavy atom. The van der Waals surface area contributed by atoms with E-state index in [9.17, 15) is 4.79 Å². The summed E-state index contributed by atoms with van der Waals surface area (Å²) in [6.07, 6.45) is 10.4. The fraction of sp³-hybridized carbons (Fsp3) is 0.895. The maximum absolute atomic E-state index is 12.3. The first-order valence-electron chi connectivity index (χ1n) is 10.1. The van der Waals surface area contributed by atoms with Gasteiger partial charge in [0, 0.05) is 30.6 Å². The molecule has 5 nitrogen and oxygen atoms in total. The number of halogens is 1. The number of aliphatic imine (C=N–C) groups is 1. The molecule has 3 aliphatic carbocycles. The molecule has 3 N–H and O–H groups in total. The number of hydrogen-bond acceptors (Lipinski definition) is 2. The molecule has 3 aliphatic rings.